The van der Waals surface area contributed by atoms with Gasteiger partial charge in [-0.15, -0.1) is 24.9 Å². The van der Waals surface area contributed by atoms with E-state index in [9.17, 15) is 19.5 Å². The average molecular weight is 521 g/mol. The van der Waals surface area contributed by atoms with Crippen LogP contribution in [0.1, 0.15) is 71.6 Å². The molecule has 3 fully saturated rings. The standard InChI is InChI=1S/C28H44N2O5S/c1-5-8-9-12-19-35-27(34)22-21-14-15-28(36-21)23(22)25(32)30(17-10-11-18-31)24(28)26(33)29(16-7-3)20(4)13-6-2/h5,7,20-24,31H,1,3,6,8-19H2,2,4H3/t20?,21-,22+,23-,24?,28?/m0/s1. The lowest BCUT2D eigenvalue weighted by Gasteiger charge is -2.39. The highest BCUT2D eigenvalue weighted by Crippen LogP contribution is 2.66. The molecule has 3 unspecified atom stereocenters. The summed E-state index contributed by atoms with van der Waals surface area (Å²) in [6.45, 7) is 13.0. The van der Waals surface area contributed by atoms with Gasteiger partial charge in [-0.1, -0.05) is 25.5 Å². The summed E-state index contributed by atoms with van der Waals surface area (Å²) < 4.78 is 5.06. The number of nitrogens with zero attached hydrogens (tertiary/aromatic N) is 2. The summed E-state index contributed by atoms with van der Waals surface area (Å²) in [5.74, 6) is -1.47. The first-order valence-electron chi connectivity index (χ1n) is 13.7. The van der Waals surface area contributed by atoms with Crippen molar-refractivity contribution >= 4 is 29.5 Å². The van der Waals surface area contributed by atoms with Gasteiger partial charge in [-0.25, -0.2) is 0 Å². The van der Waals surface area contributed by atoms with Gasteiger partial charge in [0.1, 0.15) is 6.04 Å². The first kappa shape index (κ1) is 28.8. The zero-order valence-electron chi connectivity index (χ0n) is 22.0. The maximum absolute atomic E-state index is 14.2. The van der Waals surface area contributed by atoms with Crippen LogP contribution in [0.15, 0.2) is 25.3 Å². The van der Waals surface area contributed by atoms with Gasteiger partial charge in [-0.3, -0.25) is 14.4 Å². The molecule has 0 radical (unpaired) electrons. The van der Waals surface area contributed by atoms with Crippen molar-refractivity contribution < 1.29 is 24.2 Å². The Kier molecular flexibility index (Phi) is 10.5. The van der Waals surface area contributed by atoms with Gasteiger partial charge < -0.3 is 19.6 Å². The number of hydrogen-bond donors (Lipinski definition) is 1. The lowest BCUT2D eigenvalue weighted by atomic mass is 9.71. The summed E-state index contributed by atoms with van der Waals surface area (Å²) in [6.07, 6.45) is 10.7. The number of hydrogen-bond acceptors (Lipinski definition) is 6. The topological polar surface area (TPSA) is 87.2 Å². The van der Waals surface area contributed by atoms with Crippen LogP contribution in [0, 0.1) is 11.8 Å². The molecule has 3 aliphatic rings. The molecule has 3 saturated heterocycles. The molecule has 3 rings (SSSR count). The zero-order chi connectivity index (χ0) is 26.3. The molecule has 0 saturated carbocycles. The Hall–Kier alpha value is -1.80. The van der Waals surface area contributed by atoms with E-state index >= 15 is 0 Å². The monoisotopic (exact) mass is 520 g/mol. The molecule has 0 aromatic rings. The third-order valence-corrected chi connectivity index (χ3v) is 9.96. The van der Waals surface area contributed by atoms with Gasteiger partial charge in [-0.05, 0) is 58.3 Å². The second-order valence-electron chi connectivity index (χ2n) is 10.4. The van der Waals surface area contributed by atoms with Gasteiger partial charge in [0.25, 0.3) is 0 Å². The fourth-order valence-electron chi connectivity index (χ4n) is 6.35. The summed E-state index contributed by atoms with van der Waals surface area (Å²) in [5.41, 5.74) is 0. The minimum atomic E-state index is -0.603. The summed E-state index contributed by atoms with van der Waals surface area (Å²) in [6, 6.07) is -0.571. The highest BCUT2D eigenvalue weighted by atomic mass is 32.2. The van der Waals surface area contributed by atoms with Crippen molar-refractivity contribution in [3.8, 4) is 0 Å². The lowest BCUT2D eigenvalue weighted by Crippen LogP contribution is -2.56. The van der Waals surface area contributed by atoms with Crippen LogP contribution < -0.4 is 0 Å². The van der Waals surface area contributed by atoms with Crippen molar-refractivity contribution in [3.63, 3.8) is 0 Å². The Labute approximate surface area is 220 Å². The third kappa shape index (κ3) is 5.54. The minimum absolute atomic E-state index is 0.00966. The largest absolute Gasteiger partial charge is 0.465 e. The van der Waals surface area contributed by atoms with E-state index < -0.39 is 22.6 Å². The van der Waals surface area contributed by atoms with Crippen molar-refractivity contribution in [2.45, 2.75) is 93.7 Å². The second kappa shape index (κ2) is 13.1. The van der Waals surface area contributed by atoms with Crippen LogP contribution in [0.25, 0.3) is 0 Å². The number of ether oxygens (including phenoxy) is 1. The predicted molar refractivity (Wildman–Crippen MR) is 143 cm³/mol. The van der Waals surface area contributed by atoms with Gasteiger partial charge in [0, 0.05) is 31.0 Å². The van der Waals surface area contributed by atoms with Crippen molar-refractivity contribution in [2.24, 2.45) is 11.8 Å². The van der Waals surface area contributed by atoms with Crippen LogP contribution in [0.3, 0.4) is 0 Å². The molecule has 36 heavy (non-hydrogen) atoms. The molecule has 2 bridgehead atoms. The molecule has 1 spiro atoms. The quantitative estimate of drug-likeness (QED) is 0.188. The van der Waals surface area contributed by atoms with Crippen LogP contribution in [0.2, 0.25) is 0 Å². The van der Waals surface area contributed by atoms with E-state index in [2.05, 4.69) is 27.0 Å². The average Bonchev–Trinajstić information content (AvgIpc) is 3.50. The Bertz CT molecular complexity index is 820. The number of fused-ring (bicyclic) bond motifs is 1. The number of amides is 2. The van der Waals surface area contributed by atoms with Crippen LogP contribution in [0.5, 0.6) is 0 Å². The lowest BCUT2D eigenvalue weighted by molar-refractivity contribution is -0.154. The Morgan fingerprint density at radius 2 is 2.06 bits per heavy atom. The second-order valence-corrected chi connectivity index (χ2v) is 12.0. The maximum Gasteiger partial charge on any atom is 0.310 e. The summed E-state index contributed by atoms with van der Waals surface area (Å²) in [4.78, 5) is 45.0. The summed E-state index contributed by atoms with van der Waals surface area (Å²) in [5, 5.41) is 9.34. The normalized spacial score (nSPS) is 29.2. The Morgan fingerprint density at radius 3 is 2.72 bits per heavy atom. The minimum Gasteiger partial charge on any atom is -0.465 e. The van der Waals surface area contributed by atoms with Gasteiger partial charge in [-0.2, -0.15) is 0 Å². The highest BCUT2D eigenvalue weighted by molar-refractivity contribution is 8.02. The number of carbonyl (C=O) groups is 3. The van der Waals surface area contributed by atoms with E-state index in [1.54, 1.807) is 22.7 Å². The molecule has 2 amide bonds. The molecule has 1 N–H and O–H groups in total. The number of allylic oxidation sites excluding steroid dienone is 1. The van der Waals surface area contributed by atoms with Crippen LogP contribution >= 0.6 is 11.8 Å². The number of aliphatic hydroxyl groups excluding tert-OH is 1. The molecular weight excluding hydrogens is 476 g/mol. The SMILES string of the molecule is C=CCCCCOC(=O)[C@@H]1[C@@H]2CCC3(S2)C(C(=O)N(CC=C)C(C)CCC)N(CCCCO)C(=O)[C@H]13. The molecule has 0 aliphatic carbocycles. The molecular formula is C28H44N2O5S. The van der Waals surface area contributed by atoms with E-state index in [1.165, 1.54) is 0 Å². The molecule has 8 heteroatoms. The number of unbranched alkanes of at least 4 members (excludes halogenated alkanes) is 3. The van der Waals surface area contributed by atoms with E-state index in [0.29, 0.717) is 32.5 Å². The number of esters is 1. The predicted octanol–water partition coefficient (Wildman–Crippen LogP) is 3.95. The highest BCUT2D eigenvalue weighted by Gasteiger charge is 2.74. The number of aliphatic hydroxyl groups is 1. The summed E-state index contributed by atoms with van der Waals surface area (Å²) >= 11 is 1.68. The number of carbonyl (C=O) groups excluding carboxylic acids is 3. The molecule has 3 aliphatic heterocycles. The smallest absolute Gasteiger partial charge is 0.310 e. The molecule has 3 heterocycles. The fraction of sp³-hybridized carbons (Fsp3) is 0.750. The third-order valence-electron chi connectivity index (χ3n) is 8.01. The van der Waals surface area contributed by atoms with Crippen LogP contribution in [-0.2, 0) is 19.1 Å². The first-order chi connectivity index (χ1) is 17.4. The number of likely N-dealkylation sites (tertiary alicyclic amines) is 1. The van der Waals surface area contributed by atoms with Crippen molar-refractivity contribution in [1.29, 1.82) is 0 Å². The number of rotatable bonds is 16. The van der Waals surface area contributed by atoms with Crippen molar-refractivity contribution in [3.05, 3.63) is 25.3 Å². The Balaban J connectivity index is 1.89. The molecule has 0 aromatic heterocycles. The number of thioether (sulfide) groups is 1. The Morgan fingerprint density at radius 1 is 1.28 bits per heavy atom. The fourth-order valence-corrected chi connectivity index (χ4v) is 8.55. The van der Waals surface area contributed by atoms with Crippen molar-refractivity contribution in [1.82, 2.24) is 9.80 Å². The maximum atomic E-state index is 14.2. The van der Waals surface area contributed by atoms with E-state index in [0.717, 1.165) is 44.9 Å². The van der Waals surface area contributed by atoms with E-state index in [1.807, 2.05) is 11.0 Å². The first-order valence-corrected chi connectivity index (χ1v) is 14.5. The molecule has 6 atom stereocenters. The van der Waals surface area contributed by atoms with E-state index in [4.69, 9.17) is 4.74 Å². The van der Waals surface area contributed by atoms with Crippen LogP contribution in [-0.4, -0.2) is 81.1 Å². The van der Waals surface area contributed by atoms with Gasteiger partial charge in [0.15, 0.2) is 0 Å². The molecule has 0 aromatic carbocycles. The van der Waals surface area contributed by atoms with Crippen molar-refractivity contribution in [2.75, 3.05) is 26.3 Å². The van der Waals surface area contributed by atoms with Gasteiger partial charge >= 0.3 is 5.97 Å². The van der Waals surface area contributed by atoms with Gasteiger partial charge in [0.05, 0.1) is 23.2 Å². The molecule has 7 nitrogen and oxygen atoms in total. The van der Waals surface area contributed by atoms with E-state index in [-0.39, 0.29) is 35.7 Å². The summed E-state index contributed by atoms with van der Waals surface area (Å²) in [7, 11) is 0. The van der Waals surface area contributed by atoms with Crippen LogP contribution in [0.4, 0.5) is 0 Å². The molecule has 202 valence electrons. The zero-order valence-corrected chi connectivity index (χ0v) is 22.8. The van der Waals surface area contributed by atoms with Gasteiger partial charge in [0.2, 0.25) is 11.8 Å².